The predicted molar refractivity (Wildman–Crippen MR) is 105 cm³/mol. The molecule has 7 heteroatoms. The standard InChI is InChI=1S/C23H30O7/c1-5-17(25)29-19-18(11(2)3)15(24)9-22(27)21(4)7-6-12-13(10-28-20(12)26)14(21)8-16-23(19,22)30-16/h5,11,14-16,18-19,24,27H,1,6-10H2,2-4H3/t14-,15-,16-,18?,19+,21-,22+,23+/m0/s1. The number of esters is 2. The average Bonchev–Trinajstić information content (AvgIpc) is 3.30. The first-order valence-electron chi connectivity index (χ1n) is 10.9. The molecule has 0 radical (unpaired) electrons. The van der Waals surface area contributed by atoms with Gasteiger partial charge in [0.2, 0.25) is 0 Å². The second-order valence-electron chi connectivity index (χ2n) is 10.2. The Labute approximate surface area is 176 Å². The van der Waals surface area contributed by atoms with Crippen LogP contribution in [0, 0.1) is 23.2 Å². The molecule has 3 fully saturated rings. The van der Waals surface area contributed by atoms with Gasteiger partial charge < -0.3 is 24.4 Å². The van der Waals surface area contributed by atoms with Gasteiger partial charge in [-0.05, 0) is 36.7 Å². The van der Waals surface area contributed by atoms with Crippen LogP contribution in [0.2, 0.25) is 0 Å². The lowest BCUT2D eigenvalue weighted by molar-refractivity contribution is -0.253. The summed E-state index contributed by atoms with van der Waals surface area (Å²) in [6, 6.07) is 0. The van der Waals surface area contributed by atoms with Crippen LogP contribution in [-0.4, -0.2) is 58.3 Å². The fourth-order valence-corrected chi connectivity index (χ4v) is 7.25. The van der Waals surface area contributed by atoms with E-state index in [-0.39, 0.29) is 42.9 Å². The predicted octanol–water partition coefficient (Wildman–Crippen LogP) is 1.66. The van der Waals surface area contributed by atoms with Gasteiger partial charge >= 0.3 is 11.9 Å². The molecular formula is C23H30O7. The molecule has 0 aromatic heterocycles. The summed E-state index contributed by atoms with van der Waals surface area (Å²) in [4.78, 5) is 24.4. The summed E-state index contributed by atoms with van der Waals surface area (Å²) in [5, 5.41) is 23.5. The first-order valence-corrected chi connectivity index (χ1v) is 10.9. The number of cyclic esters (lactones) is 1. The zero-order valence-electron chi connectivity index (χ0n) is 17.7. The molecule has 3 aliphatic carbocycles. The number of rotatable bonds is 3. The van der Waals surface area contributed by atoms with Crippen LogP contribution in [-0.2, 0) is 23.8 Å². The van der Waals surface area contributed by atoms with Crippen LogP contribution in [0.25, 0.3) is 0 Å². The zero-order chi connectivity index (χ0) is 21.6. The van der Waals surface area contributed by atoms with Gasteiger partial charge in [0.15, 0.2) is 5.60 Å². The van der Waals surface area contributed by atoms with Crippen molar-refractivity contribution in [3.05, 3.63) is 23.8 Å². The SMILES string of the molecule is C=CC(=O)O[C@@H]1C(C(C)C)[C@@H](O)C[C@]2(O)[C@]13O[C@H]3C[C@H]1C3=C(CC[C@@]12C)C(=O)OC3. The van der Waals surface area contributed by atoms with E-state index in [0.717, 1.165) is 17.2 Å². The first kappa shape index (κ1) is 20.2. The lowest BCUT2D eigenvalue weighted by Gasteiger charge is -2.62. The molecule has 0 aromatic carbocycles. The Hall–Kier alpha value is -1.70. The Morgan fingerprint density at radius 3 is 2.80 bits per heavy atom. The minimum Gasteiger partial charge on any atom is -0.458 e. The molecule has 1 saturated heterocycles. The highest BCUT2D eigenvalue weighted by Gasteiger charge is 2.85. The number of aliphatic hydroxyl groups is 2. The zero-order valence-corrected chi connectivity index (χ0v) is 17.7. The molecule has 0 amide bonds. The van der Waals surface area contributed by atoms with Crippen LogP contribution in [0.5, 0.6) is 0 Å². The largest absolute Gasteiger partial charge is 0.458 e. The van der Waals surface area contributed by atoms with Crippen molar-refractivity contribution in [3.63, 3.8) is 0 Å². The van der Waals surface area contributed by atoms with Crippen molar-refractivity contribution in [1.82, 2.24) is 0 Å². The van der Waals surface area contributed by atoms with E-state index in [1.165, 1.54) is 0 Å². The number of carbonyl (C=O) groups excluding carboxylic acids is 2. The summed E-state index contributed by atoms with van der Waals surface area (Å²) in [5.74, 6) is -1.24. The van der Waals surface area contributed by atoms with Crippen molar-refractivity contribution in [1.29, 1.82) is 0 Å². The van der Waals surface area contributed by atoms with Gasteiger partial charge in [0.1, 0.15) is 18.3 Å². The average molecular weight is 418 g/mol. The highest BCUT2D eigenvalue weighted by Crippen LogP contribution is 2.72. The van der Waals surface area contributed by atoms with Crippen LogP contribution in [0.1, 0.15) is 46.5 Å². The highest BCUT2D eigenvalue weighted by atomic mass is 16.7. The number of epoxide rings is 1. The van der Waals surface area contributed by atoms with Gasteiger partial charge in [-0.3, -0.25) is 0 Å². The molecular weight excluding hydrogens is 388 g/mol. The molecule has 2 heterocycles. The van der Waals surface area contributed by atoms with Crippen molar-refractivity contribution in [3.8, 4) is 0 Å². The first-order chi connectivity index (χ1) is 14.1. The monoisotopic (exact) mass is 418 g/mol. The number of aliphatic hydroxyl groups excluding tert-OH is 1. The van der Waals surface area contributed by atoms with Gasteiger partial charge in [-0.15, -0.1) is 0 Å². The molecule has 5 aliphatic rings. The summed E-state index contributed by atoms with van der Waals surface area (Å²) >= 11 is 0. The minimum atomic E-state index is -1.39. The van der Waals surface area contributed by atoms with Crippen LogP contribution >= 0.6 is 0 Å². The van der Waals surface area contributed by atoms with Crippen LogP contribution < -0.4 is 0 Å². The maximum absolute atomic E-state index is 12.3. The quantitative estimate of drug-likeness (QED) is 0.408. The molecule has 2 saturated carbocycles. The second kappa shape index (κ2) is 6.17. The number of fused-ring (bicyclic) bond motifs is 3. The Bertz CT molecular complexity index is 862. The molecule has 8 atom stereocenters. The normalized spacial score (nSPS) is 48.9. The summed E-state index contributed by atoms with van der Waals surface area (Å²) < 4.78 is 17.4. The Balaban J connectivity index is 1.62. The molecule has 5 rings (SSSR count). The molecule has 1 spiro atoms. The molecule has 0 bridgehead atoms. The molecule has 30 heavy (non-hydrogen) atoms. The maximum Gasteiger partial charge on any atom is 0.334 e. The van der Waals surface area contributed by atoms with Crippen LogP contribution in [0.4, 0.5) is 0 Å². The van der Waals surface area contributed by atoms with Crippen molar-refractivity contribution in [2.24, 2.45) is 23.2 Å². The van der Waals surface area contributed by atoms with Crippen molar-refractivity contribution < 1.29 is 34.0 Å². The smallest absolute Gasteiger partial charge is 0.334 e. The number of hydrogen-bond acceptors (Lipinski definition) is 7. The summed E-state index contributed by atoms with van der Waals surface area (Å²) in [6.45, 7) is 9.75. The minimum absolute atomic E-state index is 0.0263. The molecule has 7 nitrogen and oxygen atoms in total. The highest BCUT2D eigenvalue weighted by molar-refractivity contribution is 5.92. The maximum atomic E-state index is 12.3. The van der Waals surface area contributed by atoms with E-state index in [1.54, 1.807) is 0 Å². The molecule has 2 aliphatic heterocycles. The van der Waals surface area contributed by atoms with Gasteiger partial charge in [0.05, 0.1) is 12.2 Å². The molecule has 164 valence electrons. The molecule has 0 aromatic rings. The summed E-state index contributed by atoms with van der Waals surface area (Å²) in [5.41, 5.74) is -1.37. The van der Waals surface area contributed by atoms with Crippen molar-refractivity contribution in [2.45, 2.75) is 76.0 Å². The fraction of sp³-hybridized carbons (Fsp3) is 0.739. The Morgan fingerprint density at radius 1 is 1.40 bits per heavy atom. The number of hydrogen-bond donors (Lipinski definition) is 2. The van der Waals surface area contributed by atoms with E-state index in [9.17, 15) is 19.8 Å². The Kier molecular flexibility index (Phi) is 4.16. The lowest BCUT2D eigenvalue weighted by Crippen LogP contribution is -2.74. The van der Waals surface area contributed by atoms with E-state index < -0.39 is 34.8 Å². The topological polar surface area (TPSA) is 106 Å². The van der Waals surface area contributed by atoms with Crippen molar-refractivity contribution in [2.75, 3.05) is 6.61 Å². The van der Waals surface area contributed by atoms with E-state index in [4.69, 9.17) is 14.2 Å². The van der Waals surface area contributed by atoms with E-state index >= 15 is 0 Å². The van der Waals surface area contributed by atoms with E-state index in [0.29, 0.717) is 19.3 Å². The third-order valence-electron chi connectivity index (χ3n) is 8.78. The summed E-state index contributed by atoms with van der Waals surface area (Å²) in [6.07, 6.45) is 1.09. The van der Waals surface area contributed by atoms with E-state index in [2.05, 4.69) is 6.58 Å². The molecule has 1 unspecified atom stereocenters. The van der Waals surface area contributed by atoms with Gasteiger partial charge in [0.25, 0.3) is 0 Å². The third kappa shape index (κ3) is 2.21. The van der Waals surface area contributed by atoms with Gasteiger partial charge in [-0.25, -0.2) is 9.59 Å². The Morgan fingerprint density at radius 2 is 2.13 bits per heavy atom. The summed E-state index contributed by atoms with van der Waals surface area (Å²) in [7, 11) is 0. The van der Waals surface area contributed by atoms with E-state index in [1.807, 2.05) is 20.8 Å². The number of carbonyl (C=O) groups is 2. The lowest BCUT2D eigenvalue weighted by atomic mass is 9.44. The van der Waals surface area contributed by atoms with Crippen LogP contribution in [0.3, 0.4) is 0 Å². The van der Waals surface area contributed by atoms with Gasteiger partial charge in [-0.1, -0.05) is 27.4 Å². The van der Waals surface area contributed by atoms with Crippen LogP contribution in [0.15, 0.2) is 23.8 Å². The molecule has 2 N–H and O–H groups in total. The van der Waals surface area contributed by atoms with Gasteiger partial charge in [0, 0.05) is 29.4 Å². The van der Waals surface area contributed by atoms with Crippen molar-refractivity contribution >= 4 is 11.9 Å². The fourth-order valence-electron chi connectivity index (χ4n) is 7.25. The third-order valence-corrected chi connectivity index (χ3v) is 8.78. The van der Waals surface area contributed by atoms with Gasteiger partial charge in [-0.2, -0.15) is 0 Å². The second-order valence-corrected chi connectivity index (χ2v) is 10.2. The number of ether oxygens (including phenoxy) is 3.